The van der Waals surface area contributed by atoms with Crippen molar-refractivity contribution in [1.82, 2.24) is 4.90 Å². The molecule has 3 unspecified atom stereocenters. The second-order valence-corrected chi connectivity index (χ2v) is 5.17. The molecule has 1 aliphatic carbocycles. The number of nitrogens with zero attached hydrogens (tertiary/aromatic N) is 1. The van der Waals surface area contributed by atoms with E-state index in [1.807, 2.05) is 6.92 Å². The highest BCUT2D eigenvalue weighted by Crippen LogP contribution is 2.34. The van der Waals surface area contributed by atoms with E-state index in [-0.39, 0.29) is 12.0 Å². The van der Waals surface area contributed by atoms with Gasteiger partial charge in [0.25, 0.3) is 0 Å². The first-order valence-electron chi connectivity index (χ1n) is 6.66. The van der Waals surface area contributed by atoms with Crippen molar-refractivity contribution in [2.24, 2.45) is 5.92 Å². The zero-order valence-electron chi connectivity index (χ0n) is 10.4. The van der Waals surface area contributed by atoms with Gasteiger partial charge in [0, 0.05) is 18.4 Å². The molecule has 1 heterocycles. The molecule has 0 amide bonds. The van der Waals surface area contributed by atoms with Crippen LogP contribution >= 0.6 is 0 Å². The smallest absolute Gasteiger partial charge is 0.320 e. The van der Waals surface area contributed by atoms with Crippen molar-refractivity contribution < 1.29 is 14.7 Å². The van der Waals surface area contributed by atoms with Crippen molar-refractivity contribution in [3.63, 3.8) is 0 Å². The van der Waals surface area contributed by atoms with Gasteiger partial charge in [-0.3, -0.25) is 14.5 Å². The second-order valence-electron chi connectivity index (χ2n) is 5.17. The summed E-state index contributed by atoms with van der Waals surface area (Å²) in [7, 11) is 0. The van der Waals surface area contributed by atoms with E-state index >= 15 is 0 Å². The van der Waals surface area contributed by atoms with E-state index in [9.17, 15) is 14.7 Å². The minimum Gasteiger partial charge on any atom is -0.480 e. The molecular weight excluding hydrogens is 218 g/mol. The predicted octanol–water partition coefficient (Wildman–Crippen LogP) is 1.68. The number of carbonyl (C=O) groups is 2. The van der Waals surface area contributed by atoms with Crippen LogP contribution in [0.2, 0.25) is 0 Å². The highest BCUT2D eigenvalue weighted by Gasteiger charge is 2.41. The fraction of sp³-hybridized carbons (Fsp3) is 0.846. The molecule has 1 N–H and O–H groups in total. The summed E-state index contributed by atoms with van der Waals surface area (Å²) in [5.41, 5.74) is 0. The van der Waals surface area contributed by atoms with Crippen molar-refractivity contribution in [3.8, 4) is 0 Å². The van der Waals surface area contributed by atoms with Gasteiger partial charge in [0.15, 0.2) is 0 Å². The standard InChI is InChI=1S/C13H21NO3/c1-2-10(13(16)17)14-8-4-6-11(14)9-5-3-7-12(9)15/h9-11H,2-8H2,1H3,(H,16,17). The van der Waals surface area contributed by atoms with Crippen molar-refractivity contribution in [1.29, 1.82) is 0 Å². The third-order valence-corrected chi connectivity index (χ3v) is 4.23. The molecule has 96 valence electrons. The molecule has 2 fully saturated rings. The lowest BCUT2D eigenvalue weighted by Gasteiger charge is -2.32. The third-order valence-electron chi connectivity index (χ3n) is 4.23. The summed E-state index contributed by atoms with van der Waals surface area (Å²) < 4.78 is 0. The number of Topliss-reactive ketones (excluding diaryl/α,β-unsaturated/α-hetero) is 1. The third kappa shape index (κ3) is 2.37. The summed E-state index contributed by atoms with van der Waals surface area (Å²) in [4.78, 5) is 25.1. The van der Waals surface area contributed by atoms with Crippen molar-refractivity contribution in [3.05, 3.63) is 0 Å². The topological polar surface area (TPSA) is 57.6 Å². The highest BCUT2D eigenvalue weighted by molar-refractivity contribution is 5.83. The minimum atomic E-state index is -0.746. The molecule has 17 heavy (non-hydrogen) atoms. The number of ketones is 1. The van der Waals surface area contributed by atoms with Gasteiger partial charge in [0.2, 0.25) is 0 Å². The first kappa shape index (κ1) is 12.6. The number of carboxylic acid groups (broad SMARTS) is 1. The molecule has 0 spiro atoms. The quantitative estimate of drug-likeness (QED) is 0.811. The first-order valence-corrected chi connectivity index (χ1v) is 6.66. The van der Waals surface area contributed by atoms with Gasteiger partial charge in [0.1, 0.15) is 11.8 Å². The van der Waals surface area contributed by atoms with Crippen LogP contribution in [0.1, 0.15) is 45.4 Å². The summed E-state index contributed by atoms with van der Waals surface area (Å²) in [5, 5.41) is 9.23. The molecule has 2 aliphatic rings. The van der Waals surface area contributed by atoms with E-state index in [2.05, 4.69) is 4.90 Å². The molecular formula is C13H21NO3. The van der Waals surface area contributed by atoms with Crippen LogP contribution in [0.15, 0.2) is 0 Å². The first-order chi connectivity index (χ1) is 8.15. The lowest BCUT2D eigenvalue weighted by atomic mass is 9.94. The maximum Gasteiger partial charge on any atom is 0.320 e. The van der Waals surface area contributed by atoms with Crippen molar-refractivity contribution in [2.45, 2.75) is 57.5 Å². The van der Waals surface area contributed by atoms with Crippen molar-refractivity contribution in [2.75, 3.05) is 6.54 Å². The Balaban J connectivity index is 2.11. The Morgan fingerprint density at radius 1 is 1.47 bits per heavy atom. The van der Waals surface area contributed by atoms with Crippen LogP contribution < -0.4 is 0 Å². The molecule has 0 aromatic rings. The van der Waals surface area contributed by atoms with Crippen LogP contribution in [0, 0.1) is 5.92 Å². The van der Waals surface area contributed by atoms with Gasteiger partial charge in [-0.05, 0) is 38.6 Å². The number of hydrogen-bond donors (Lipinski definition) is 1. The van der Waals surface area contributed by atoms with Gasteiger partial charge in [-0.2, -0.15) is 0 Å². The Hall–Kier alpha value is -0.900. The van der Waals surface area contributed by atoms with E-state index < -0.39 is 12.0 Å². The zero-order valence-corrected chi connectivity index (χ0v) is 10.4. The molecule has 0 bridgehead atoms. The molecule has 1 saturated heterocycles. The molecule has 0 radical (unpaired) electrons. The normalized spacial score (nSPS) is 31.9. The fourth-order valence-corrected chi connectivity index (χ4v) is 3.43. The number of likely N-dealkylation sites (tertiary alicyclic amines) is 1. The lowest BCUT2D eigenvalue weighted by Crippen LogP contribution is -2.47. The monoisotopic (exact) mass is 239 g/mol. The maximum absolute atomic E-state index is 11.8. The van der Waals surface area contributed by atoms with Crippen LogP contribution in [0.25, 0.3) is 0 Å². The molecule has 0 aromatic carbocycles. The van der Waals surface area contributed by atoms with E-state index in [0.717, 1.165) is 32.2 Å². The van der Waals surface area contributed by atoms with E-state index in [1.165, 1.54) is 0 Å². The van der Waals surface area contributed by atoms with Crippen LogP contribution in [0.4, 0.5) is 0 Å². The van der Waals surface area contributed by atoms with Gasteiger partial charge in [0.05, 0.1) is 0 Å². The Kier molecular flexibility index (Phi) is 3.82. The number of carboxylic acids is 1. The van der Waals surface area contributed by atoms with Gasteiger partial charge >= 0.3 is 5.97 Å². The Morgan fingerprint density at radius 3 is 2.76 bits per heavy atom. The number of aliphatic carboxylic acids is 1. The van der Waals surface area contributed by atoms with E-state index in [0.29, 0.717) is 18.6 Å². The van der Waals surface area contributed by atoms with Crippen LogP contribution in [0.5, 0.6) is 0 Å². The molecule has 2 rings (SSSR count). The summed E-state index contributed by atoms with van der Waals surface area (Å²) >= 11 is 0. The molecule has 0 aromatic heterocycles. The summed E-state index contributed by atoms with van der Waals surface area (Å²) in [5.74, 6) is -0.294. The SMILES string of the molecule is CCC(C(=O)O)N1CCCC1C1CCCC1=O. The van der Waals surface area contributed by atoms with E-state index in [1.54, 1.807) is 0 Å². The fourth-order valence-electron chi connectivity index (χ4n) is 3.43. The summed E-state index contributed by atoms with van der Waals surface area (Å²) in [6.45, 7) is 2.74. The second kappa shape index (κ2) is 5.17. The van der Waals surface area contributed by atoms with Gasteiger partial charge < -0.3 is 5.11 Å². The maximum atomic E-state index is 11.8. The van der Waals surface area contributed by atoms with Crippen LogP contribution in [-0.4, -0.2) is 40.4 Å². The highest BCUT2D eigenvalue weighted by atomic mass is 16.4. The number of hydrogen-bond acceptors (Lipinski definition) is 3. The largest absolute Gasteiger partial charge is 0.480 e. The predicted molar refractivity (Wildman–Crippen MR) is 63.8 cm³/mol. The van der Waals surface area contributed by atoms with Gasteiger partial charge in [-0.15, -0.1) is 0 Å². The van der Waals surface area contributed by atoms with Crippen LogP contribution in [0.3, 0.4) is 0 Å². The zero-order chi connectivity index (χ0) is 12.4. The molecule has 4 heteroatoms. The van der Waals surface area contributed by atoms with Gasteiger partial charge in [-0.25, -0.2) is 0 Å². The van der Waals surface area contributed by atoms with E-state index in [4.69, 9.17) is 0 Å². The summed E-state index contributed by atoms with van der Waals surface area (Å²) in [6.07, 6.45) is 5.26. The van der Waals surface area contributed by atoms with Crippen LogP contribution in [-0.2, 0) is 9.59 Å². The number of rotatable bonds is 4. The Morgan fingerprint density at radius 2 is 2.24 bits per heavy atom. The number of carbonyl (C=O) groups excluding carboxylic acids is 1. The summed E-state index contributed by atoms with van der Waals surface area (Å²) in [6, 6.07) is -0.220. The molecule has 4 nitrogen and oxygen atoms in total. The Labute approximate surface area is 102 Å². The minimum absolute atomic E-state index is 0.103. The van der Waals surface area contributed by atoms with Gasteiger partial charge in [-0.1, -0.05) is 6.92 Å². The molecule has 1 aliphatic heterocycles. The van der Waals surface area contributed by atoms with Crippen molar-refractivity contribution >= 4 is 11.8 Å². The average molecular weight is 239 g/mol. The average Bonchev–Trinajstić information content (AvgIpc) is 2.87. The molecule has 3 atom stereocenters. The molecule has 1 saturated carbocycles. The lowest BCUT2D eigenvalue weighted by molar-refractivity contribution is -0.145. The Bertz CT molecular complexity index is 308.